The highest BCUT2D eigenvalue weighted by Crippen LogP contribution is 2.23. The summed E-state index contributed by atoms with van der Waals surface area (Å²) in [5, 5.41) is 11.0. The molecule has 0 spiro atoms. The van der Waals surface area contributed by atoms with Crippen LogP contribution >= 0.6 is 35.3 Å². The monoisotopic (exact) mass is 576 g/mol. The first-order chi connectivity index (χ1) is 14.5. The zero-order chi connectivity index (χ0) is 21.4. The first-order valence-corrected chi connectivity index (χ1v) is 13.0. The first kappa shape index (κ1) is 26.1. The molecule has 2 aromatic rings. The van der Waals surface area contributed by atoms with Crippen molar-refractivity contribution in [1.82, 2.24) is 14.9 Å². The Morgan fingerprint density at radius 3 is 2.52 bits per heavy atom. The van der Waals surface area contributed by atoms with Gasteiger partial charge in [0.1, 0.15) is 0 Å². The number of nitrogens with one attached hydrogen (secondary N) is 2. The maximum absolute atomic E-state index is 12.8. The van der Waals surface area contributed by atoms with Crippen LogP contribution in [0.2, 0.25) is 0 Å². The molecule has 1 aliphatic heterocycles. The van der Waals surface area contributed by atoms with Crippen molar-refractivity contribution in [3.63, 3.8) is 0 Å². The van der Waals surface area contributed by atoms with E-state index in [1.54, 1.807) is 39.9 Å². The molecule has 0 amide bonds. The van der Waals surface area contributed by atoms with Gasteiger partial charge in [0, 0.05) is 38.6 Å². The van der Waals surface area contributed by atoms with Crippen LogP contribution in [0.15, 0.2) is 57.0 Å². The summed E-state index contributed by atoms with van der Waals surface area (Å²) in [5.41, 5.74) is 1.33. The molecular formula is C22H33IN4O2S2. The lowest BCUT2D eigenvalue weighted by atomic mass is 9.98. The Hall–Kier alpha value is -1.17. The summed E-state index contributed by atoms with van der Waals surface area (Å²) in [5.74, 6) is 1.66. The molecule has 3 rings (SSSR count). The van der Waals surface area contributed by atoms with Crippen LogP contribution in [0.3, 0.4) is 0 Å². The van der Waals surface area contributed by atoms with E-state index >= 15 is 0 Å². The summed E-state index contributed by atoms with van der Waals surface area (Å²) in [6, 6.07) is 10.9. The molecule has 1 aromatic heterocycles. The molecule has 0 saturated carbocycles. The summed E-state index contributed by atoms with van der Waals surface area (Å²) in [6.07, 6.45) is 1.70. The highest BCUT2D eigenvalue weighted by Gasteiger charge is 2.29. The van der Waals surface area contributed by atoms with Gasteiger partial charge in [0.2, 0.25) is 10.0 Å². The van der Waals surface area contributed by atoms with E-state index in [0.29, 0.717) is 29.8 Å². The zero-order valence-electron chi connectivity index (χ0n) is 18.2. The van der Waals surface area contributed by atoms with Crippen molar-refractivity contribution in [2.24, 2.45) is 10.9 Å². The summed E-state index contributed by atoms with van der Waals surface area (Å²) in [6.45, 7) is 7.73. The number of aliphatic imine (C=N–C) groups is 1. The molecule has 1 aromatic carbocycles. The Morgan fingerprint density at radius 2 is 1.90 bits per heavy atom. The molecule has 1 atom stereocenters. The van der Waals surface area contributed by atoms with Crippen LogP contribution < -0.4 is 10.6 Å². The van der Waals surface area contributed by atoms with Gasteiger partial charge in [-0.1, -0.05) is 25.1 Å². The molecule has 0 bridgehead atoms. The number of sulfonamides is 1. The average Bonchev–Trinajstić information content (AvgIpc) is 3.31. The Labute approximate surface area is 207 Å². The Kier molecular flexibility index (Phi) is 10.7. The summed E-state index contributed by atoms with van der Waals surface area (Å²) in [7, 11) is -3.39. The number of rotatable bonds is 8. The van der Waals surface area contributed by atoms with Crippen LogP contribution in [0.5, 0.6) is 0 Å². The molecule has 1 unspecified atom stereocenters. The standard InChI is InChI=1S/C22H32N4O2S2.HI/c1-3-23-22(24-15-18(2)20-11-14-29-17-20)25-16-19-9-12-26(13-10-19)30(27,28)21-7-5-4-6-8-21;/h4-8,11,14,17-19H,3,9-10,12-13,15-16H2,1-2H3,(H2,23,24,25);1H. The molecule has 0 aliphatic carbocycles. The second-order valence-electron chi connectivity index (χ2n) is 7.72. The largest absolute Gasteiger partial charge is 0.357 e. The Balaban J connectivity index is 0.00000341. The van der Waals surface area contributed by atoms with E-state index in [1.807, 2.05) is 6.07 Å². The molecule has 1 saturated heterocycles. The van der Waals surface area contributed by atoms with Gasteiger partial charge in [0.25, 0.3) is 0 Å². The van der Waals surface area contributed by atoms with Crippen LogP contribution in [-0.2, 0) is 10.0 Å². The topological polar surface area (TPSA) is 73.8 Å². The highest BCUT2D eigenvalue weighted by atomic mass is 127. The van der Waals surface area contributed by atoms with Crippen molar-refractivity contribution in [1.29, 1.82) is 0 Å². The SMILES string of the molecule is CCNC(=NCC(C)c1ccsc1)NCC1CCN(S(=O)(=O)c2ccccc2)CC1.I. The molecule has 172 valence electrons. The van der Waals surface area contributed by atoms with Gasteiger partial charge >= 0.3 is 0 Å². The molecule has 6 nitrogen and oxygen atoms in total. The summed E-state index contributed by atoms with van der Waals surface area (Å²) in [4.78, 5) is 5.12. The zero-order valence-corrected chi connectivity index (χ0v) is 22.1. The third kappa shape index (κ3) is 7.44. The maximum atomic E-state index is 12.8. The number of hydrogen-bond acceptors (Lipinski definition) is 4. The highest BCUT2D eigenvalue weighted by molar-refractivity contribution is 14.0. The fourth-order valence-electron chi connectivity index (χ4n) is 3.57. The third-order valence-corrected chi connectivity index (χ3v) is 8.11. The van der Waals surface area contributed by atoms with Gasteiger partial charge in [-0.25, -0.2) is 8.42 Å². The van der Waals surface area contributed by atoms with Crippen molar-refractivity contribution in [2.75, 3.05) is 32.7 Å². The first-order valence-electron chi connectivity index (χ1n) is 10.6. The van der Waals surface area contributed by atoms with Crippen LogP contribution in [0.1, 0.15) is 38.2 Å². The number of piperidine rings is 1. The van der Waals surface area contributed by atoms with E-state index in [0.717, 1.165) is 38.4 Å². The molecule has 9 heteroatoms. The van der Waals surface area contributed by atoms with Crippen molar-refractivity contribution >= 4 is 51.3 Å². The van der Waals surface area contributed by atoms with Gasteiger partial charge < -0.3 is 10.6 Å². The van der Waals surface area contributed by atoms with Crippen LogP contribution in [0.25, 0.3) is 0 Å². The van der Waals surface area contributed by atoms with E-state index in [9.17, 15) is 8.42 Å². The molecule has 0 radical (unpaired) electrons. The molecule has 1 aliphatic rings. The number of thiophene rings is 1. The third-order valence-electron chi connectivity index (χ3n) is 5.49. The van der Waals surface area contributed by atoms with E-state index in [4.69, 9.17) is 4.99 Å². The van der Waals surface area contributed by atoms with E-state index in [2.05, 4.69) is 41.3 Å². The van der Waals surface area contributed by atoms with Gasteiger partial charge in [-0.2, -0.15) is 15.6 Å². The van der Waals surface area contributed by atoms with E-state index < -0.39 is 10.0 Å². The lowest BCUT2D eigenvalue weighted by Gasteiger charge is -2.31. The van der Waals surface area contributed by atoms with Gasteiger partial charge in [0.05, 0.1) is 4.90 Å². The minimum Gasteiger partial charge on any atom is -0.357 e. The summed E-state index contributed by atoms with van der Waals surface area (Å²) >= 11 is 1.72. The van der Waals surface area contributed by atoms with Gasteiger partial charge in [-0.05, 0) is 60.2 Å². The lowest BCUT2D eigenvalue weighted by Crippen LogP contribution is -2.44. The maximum Gasteiger partial charge on any atom is 0.243 e. The van der Waals surface area contributed by atoms with Crippen LogP contribution in [0, 0.1) is 5.92 Å². The number of halogens is 1. The second-order valence-corrected chi connectivity index (χ2v) is 10.4. The minimum atomic E-state index is -3.39. The van der Waals surface area contributed by atoms with E-state index in [1.165, 1.54) is 5.56 Å². The van der Waals surface area contributed by atoms with E-state index in [-0.39, 0.29) is 24.0 Å². The average molecular weight is 577 g/mol. The Morgan fingerprint density at radius 1 is 1.19 bits per heavy atom. The van der Waals surface area contributed by atoms with Crippen molar-refractivity contribution in [2.45, 2.75) is 37.5 Å². The Bertz CT molecular complexity index is 897. The van der Waals surface area contributed by atoms with Crippen molar-refractivity contribution < 1.29 is 8.42 Å². The quantitative estimate of drug-likeness (QED) is 0.282. The molecule has 31 heavy (non-hydrogen) atoms. The van der Waals surface area contributed by atoms with Gasteiger partial charge in [0.15, 0.2) is 5.96 Å². The molecule has 1 fully saturated rings. The number of hydrogen-bond donors (Lipinski definition) is 2. The smallest absolute Gasteiger partial charge is 0.243 e. The normalized spacial score (nSPS) is 17.0. The van der Waals surface area contributed by atoms with Crippen molar-refractivity contribution in [3.8, 4) is 0 Å². The van der Waals surface area contributed by atoms with Gasteiger partial charge in [-0.15, -0.1) is 24.0 Å². The summed E-state index contributed by atoms with van der Waals surface area (Å²) < 4.78 is 27.2. The van der Waals surface area contributed by atoms with Gasteiger partial charge in [-0.3, -0.25) is 4.99 Å². The molecule has 2 heterocycles. The predicted molar refractivity (Wildman–Crippen MR) is 140 cm³/mol. The molecule has 2 N–H and O–H groups in total. The van der Waals surface area contributed by atoms with Crippen LogP contribution in [0.4, 0.5) is 0 Å². The van der Waals surface area contributed by atoms with Crippen LogP contribution in [-0.4, -0.2) is 51.4 Å². The number of benzene rings is 1. The minimum absolute atomic E-state index is 0. The van der Waals surface area contributed by atoms with Crippen molar-refractivity contribution in [3.05, 3.63) is 52.7 Å². The fourth-order valence-corrected chi connectivity index (χ4v) is 5.84. The number of nitrogens with zero attached hydrogens (tertiary/aromatic N) is 2. The number of guanidine groups is 1. The molecular weight excluding hydrogens is 543 g/mol. The predicted octanol–water partition coefficient (Wildman–Crippen LogP) is 4.13. The fraction of sp³-hybridized carbons (Fsp3) is 0.500. The second kappa shape index (κ2) is 12.8. The lowest BCUT2D eigenvalue weighted by molar-refractivity contribution is 0.273.